The molecule has 0 bridgehead atoms. The van der Waals surface area contributed by atoms with Gasteiger partial charge in [0.1, 0.15) is 18.0 Å². The second kappa shape index (κ2) is 4.81. The maximum atomic E-state index is 5.86. The number of rotatable bonds is 3. The molecular weight excluding hydrogens is 258 g/mol. The Kier molecular flexibility index (Phi) is 3.00. The number of nitrogens with one attached hydrogen (secondary N) is 1. The minimum absolute atomic E-state index is 0.527. The van der Waals surface area contributed by atoms with Gasteiger partial charge in [0, 0.05) is 11.3 Å². The van der Waals surface area contributed by atoms with Crippen LogP contribution >= 0.6 is 11.3 Å². The number of anilines is 3. The molecule has 19 heavy (non-hydrogen) atoms. The van der Waals surface area contributed by atoms with Crippen LogP contribution in [0.2, 0.25) is 0 Å². The molecule has 0 aliphatic rings. The van der Waals surface area contributed by atoms with Crippen LogP contribution < -0.4 is 11.1 Å². The van der Waals surface area contributed by atoms with Crippen molar-refractivity contribution in [3.63, 3.8) is 0 Å². The van der Waals surface area contributed by atoms with Crippen molar-refractivity contribution in [2.75, 3.05) is 11.1 Å². The Bertz CT molecular complexity index is 722. The van der Waals surface area contributed by atoms with Crippen molar-refractivity contribution in [3.8, 4) is 0 Å². The van der Waals surface area contributed by atoms with Gasteiger partial charge < -0.3 is 11.1 Å². The summed E-state index contributed by atoms with van der Waals surface area (Å²) >= 11 is 1.62. The summed E-state index contributed by atoms with van der Waals surface area (Å²) in [7, 11) is 0. The lowest BCUT2D eigenvalue weighted by atomic mass is 10.2. The van der Waals surface area contributed by atoms with Crippen LogP contribution in [0, 0.1) is 0 Å². The third kappa shape index (κ3) is 2.22. The molecule has 3 aromatic rings. The Morgan fingerprint density at radius 2 is 2.16 bits per heavy atom. The smallest absolute Gasteiger partial charge is 0.139 e. The van der Waals surface area contributed by atoms with Crippen LogP contribution in [0.15, 0.2) is 30.0 Å². The van der Waals surface area contributed by atoms with Gasteiger partial charge in [-0.25, -0.2) is 15.0 Å². The first-order chi connectivity index (χ1) is 9.28. The number of hydrogen-bond acceptors (Lipinski definition) is 6. The van der Waals surface area contributed by atoms with Crippen LogP contribution in [0.25, 0.3) is 10.2 Å². The molecule has 0 spiro atoms. The maximum absolute atomic E-state index is 5.86. The van der Waals surface area contributed by atoms with Gasteiger partial charge in [0.25, 0.3) is 0 Å². The topological polar surface area (TPSA) is 76.7 Å². The fourth-order valence-corrected chi connectivity index (χ4v) is 2.67. The maximum Gasteiger partial charge on any atom is 0.139 e. The molecule has 0 amide bonds. The highest BCUT2D eigenvalue weighted by Gasteiger charge is 2.08. The first-order valence-electron chi connectivity index (χ1n) is 5.97. The van der Waals surface area contributed by atoms with Crippen LogP contribution in [0.1, 0.15) is 12.5 Å². The quantitative estimate of drug-likeness (QED) is 0.765. The number of nitrogens with zero attached hydrogens (tertiary/aromatic N) is 3. The largest absolute Gasteiger partial charge is 0.383 e. The van der Waals surface area contributed by atoms with Gasteiger partial charge in [0.05, 0.1) is 15.7 Å². The minimum atomic E-state index is 0.527. The highest BCUT2D eigenvalue weighted by atomic mass is 32.1. The molecule has 6 heteroatoms. The molecule has 0 fully saturated rings. The third-order valence-electron chi connectivity index (χ3n) is 2.93. The summed E-state index contributed by atoms with van der Waals surface area (Å²) in [5.41, 5.74) is 10.6. The van der Waals surface area contributed by atoms with E-state index in [0.29, 0.717) is 5.82 Å². The molecule has 3 rings (SSSR count). The van der Waals surface area contributed by atoms with Gasteiger partial charge >= 0.3 is 0 Å². The van der Waals surface area contributed by atoms with Crippen LogP contribution in [-0.2, 0) is 6.42 Å². The van der Waals surface area contributed by atoms with E-state index in [9.17, 15) is 0 Å². The van der Waals surface area contributed by atoms with Gasteiger partial charge in [-0.05, 0) is 24.6 Å². The summed E-state index contributed by atoms with van der Waals surface area (Å²) in [6.07, 6.45) is 2.26. The number of fused-ring (bicyclic) bond motifs is 1. The van der Waals surface area contributed by atoms with E-state index in [1.165, 1.54) is 6.33 Å². The fraction of sp³-hybridized carbons (Fsp3) is 0.154. The van der Waals surface area contributed by atoms with E-state index >= 15 is 0 Å². The standard InChI is InChI=1S/C13H13N5S/c1-2-9-12(14)15-6-16-13(9)18-8-3-4-10-11(5-8)19-7-17-10/h3-7H,2H2,1H3,(H3,14,15,16,18). The van der Waals surface area contributed by atoms with Crippen LogP contribution in [-0.4, -0.2) is 15.0 Å². The molecule has 3 N–H and O–H groups in total. The zero-order valence-electron chi connectivity index (χ0n) is 10.4. The van der Waals surface area contributed by atoms with Crippen LogP contribution in [0.4, 0.5) is 17.3 Å². The monoisotopic (exact) mass is 271 g/mol. The van der Waals surface area contributed by atoms with E-state index < -0.39 is 0 Å². The first kappa shape index (κ1) is 11.9. The average Bonchev–Trinajstić information content (AvgIpc) is 2.86. The lowest BCUT2D eigenvalue weighted by molar-refractivity contribution is 1.06. The summed E-state index contributed by atoms with van der Waals surface area (Å²) in [6.45, 7) is 2.03. The lowest BCUT2D eigenvalue weighted by Crippen LogP contribution is -2.04. The van der Waals surface area contributed by atoms with Crippen LogP contribution in [0.5, 0.6) is 0 Å². The van der Waals surface area contributed by atoms with Gasteiger partial charge in [0.15, 0.2) is 0 Å². The van der Waals surface area contributed by atoms with Crippen molar-refractivity contribution in [2.24, 2.45) is 0 Å². The molecule has 5 nitrogen and oxygen atoms in total. The van der Waals surface area contributed by atoms with Gasteiger partial charge in [-0.3, -0.25) is 0 Å². The molecule has 1 aromatic carbocycles. The van der Waals surface area contributed by atoms with Gasteiger partial charge in [-0.1, -0.05) is 6.92 Å². The SMILES string of the molecule is CCc1c(N)ncnc1Nc1ccc2ncsc2c1. The van der Waals surface area contributed by atoms with Crippen molar-refractivity contribution in [3.05, 3.63) is 35.6 Å². The second-order valence-electron chi connectivity index (χ2n) is 4.10. The number of aromatic nitrogens is 3. The summed E-state index contributed by atoms with van der Waals surface area (Å²) in [6, 6.07) is 6.04. The molecular formula is C13H13N5S. The molecule has 0 radical (unpaired) electrons. The summed E-state index contributed by atoms with van der Waals surface area (Å²) in [5.74, 6) is 1.29. The summed E-state index contributed by atoms with van der Waals surface area (Å²) in [5, 5.41) is 3.29. The predicted octanol–water partition coefficient (Wildman–Crippen LogP) is 2.97. The molecule has 2 aromatic heterocycles. The second-order valence-corrected chi connectivity index (χ2v) is 4.99. The number of benzene rings is 1. The van der Waals surface area contributed by atoms with Gasteiger partial charge in [-0.15, -0.1) is 11.3 Å². The van der Waals surface area contributed by atoms with E-state index in [1.807, 2.05) is 24.6 Å². The number of hydrogen-bond donors (Lipinski definition) is 2. The highest BCUT2D eigenvalue weighted by molar-refractivity contribution is 7.16. The average molecular weight is 271 g/mol. The Morgan fingerprint density at radius 3 is 3.00 bits per heavy atom. The minimum Gasteiger partial charge on any atom is -0.383 e. The Hall–Kier alpha value is -2.21. The Labute approximate surface area is 114 Å². The normalized spacial score (nSPS) is 10.8. The van der Waals surface area contributed by atoms with Crippen molar-refractivity contribution in [1.82, 2.24) is 15.0 Å². The molecule has 0 unspecified atom stereocenters. The van der Waals surface area contributed by atoms with Crippen LogP contribution in [0.3, 0.4) is 0 Å². The fourth-order valence-electron chi connectivity index (χ4n) is 1.95. The zero-order chi connectivity index (χ0) is 13.2. The molecule has 96 valence electrons. The van der Waals surface area contributed by atoms with E-state index in [2.05, 4.69) is 26.3 Å². The van der Waals surface area contributed by atoms with Crippen molar-refractivity contribution < 1.29 is 0 Å². The Balaban J connectivity index is 1.98. The van der Waals surface area contributed by atoms with Gasteiger partial charge in [0.2, 0.25) is 0 Å². The Morgan fingerprint density at radius 1 is 1.26 bits per heavy atom. The van der Waals surface area contributed by atoms with Gasteiger partial charge in [-0.2, -0.15) is 0 Å². The zero-order valence-corrected chi connectivity index (χ0v) is 11.2. The molecule has 0 aliphatic carbocycles. The molecule has 2 heterocycles. The number of nitrogen functional groups attached to an aromatic ring is 1. The lowest BCUT2D eigenvalue weighted by Gasteiger charge is -2.10. The molecule has 0 saturated carbocycles. The first-order valence-corrected chi connectivity index (χ1v) is 6.85. The number of thiazole rings is 1. The third-order valence-corrected chi connectivity index (χ3v) is 3.72. The summed E-state index contributed by atoms with van der Waals surface area (Å²) in [4.78, 5) is 12.5. The predicted molar refractivity (Wildman–Crippen MR) is 78.7 cm³/mol. The van der Waals surface area contributed by atoms with E-state index in [0.717, 1.165) is 33.7 Å². The summed E-state index contributed by atoms with van der Waals surface area (Å²) < 4.78 is 1.14. The van der Waals surface area contributed by atoms with E-state index in [-0.39, 0.29) is 0 Å². The van der Waals surface area contributed by atoms with Crippen molar-refractivity contribution in [2.45, 2.75) is 13.3 Å². The van der Waals surface area contributed by atoms with E-state index in [4.69, 9.17) is 5.73 Å². The van der Waals surface area contributed by atoms with Crippen molar-refractivity contribution in [1.29, 1.82) is 0 Å². The number of nitrogens with two attached hydrogens (primary N) is 1. The molecule has 0 atom stereocenters. The molecule has 0 aliphatic heterocycles. The molecule has 0 saturated heterocycles. The van der Waals surface area contributed by atoms with E-state index in [1.54, 1.807) is 11.3 Å². The van der Waals surface area contributed by atoms with Crippen molar-refractivity contribution >= 4 is 38.9 Å². The highest BCUT2D eigenvalue weighted by Crippen LogP contribution is 2.26.